The van der Waals surface area contributed by atoms with E-state index in [1.807, 2.05) is 0 Å². The lowest BCUT2D eigenvalue weighted by atomic mass is 10.2. The Bertz CT molecular complexity index is 410. The topological polar surface area (TPSA) is 53.6 Å². The van der Waals surface area contributed by atoms with Crippen molar-refractivity contribution < 1.29 is 4.39 Å². The number of benzene rings is 1. The van der Waals surface area contributed by atoms with E-state index in [1.165, 1.54) is 18.5 Å². The Morgan fingerprint density at radius 1 is 1.25 bits per heavy atom. The Balaban J connectivity index is 1.70. The third-order valence-electron chi connectivity index (χ3n) is 2.25. The minimum absolute atomic E-state index is 0.203. The molecule has 5 heteroatoms. The average Bonchev–Trinajstić information content (AvgIpc) is 2.80. The maximum Gasteiger partial charge on any atom is 0.137 e. The van der Waals surface area contributed by atoms with Crippen molar-refractivity contribution in [2.75, 3.05) is 6.54 Å². The van der Waals surface area contributed by atoms with Gasteiger partial charge in [0.1, 0.15) is 18.0 Å². The second-order valence-electron chi connectivity index (χ2n) is 3.49. The number of aromatic nitrogens is 3. The van der Waals surface area contributed by atoms with E-state index in [-0.39, 0.29) is 5.82 Å². The monoisotopic (exact) mass is 220 g/mol. The average molecular weight is 220 g/mol. The largest absolute Gasteiger partial charge is 0.312 e. The first-order chi connectivity index (χ1) is 7.84. The number of nitrogens with one attached hydrogen (secondary N) is 2. The van der Waals surface area contributed by atoms with Crippen molar-refractivity contribution in [3.8, 4) is 0 Å². The lowest BCUT2D eigenvalue weighted by Crippen LogP contribution is -2.17. The predicted octanol–water partition coefficient (Wildman–Crippen LogP) is 1.28. The van der Waals surface area contributed by atoms with Gasteiger partial charge in [0.05, 0.1) is 0 Å². The molecular weight excluding hydrogens is 207 g/mol. The van der Waals surface area contributed by atoms with Crippen LogP contribution in [0.15, 0.2) is 30.6 Å². The summed E-state index contributed by atoms with van der Waals surface area (Å²) in [5.41, 5.74) is 1.07. The van der Waals surface area contributed by atoms with Crippen LogP contribution in [-0.2, 0) is 13.0 Å². The summed E-state index contributed by atoms with van der Waals surface area (Å²) < 4.78 is 12.6. The standard InChI is InChI=1S/C11H13FN4/c12-10-3-1-9(2-4-10)7-13-6-5-11-14-8-15-16-11/h1-4,8,13H,5-7H2,(H,14,15,16). The van der Waals surface area contributed by atoms with Gasteiger partial charge in [-0.25, -0.2) is 9.37 Å². The zero-order chi connectivity index (χ0) is 11.2. The molecule has 0 spiro atoms. The van der Waals surface area contributed by atoms with Crippen molar-refractivity contribution in [3.05, 3.63) is 47.8 Å². The molecule has 0 radical (unpaired) electrons. The van der Waals surface area contributed by atoms with Crippen LogP contribution in [0.5, 0.6) is 0 Å². The zero-order valence-electron chi connectivity index (χ0n) is 8.78. The summed E-state index contributed by atoms with van der Waals surface area (Å²) >= 11 is 0. The molecular formula is C11H13FN4. The molecule has 16 heavy (non-hydrogen) atoms. The van der Waals surface area contributed by atoms with E-state index in [2.05, 4.69) is 20.5 Å². The molecule has 0 bridgehead atoms. The van der Waals surface area contributed by atoms with Crippen molar-refractivity contribution in [2.45, 2.75) is 13.0 Å². The van der Waals surface area contributed by atoms with Crippen LogP contribution in [0, 0.1) is 5.82 Å². The summed E-state index contributed by atoms with van der Waals surface area (Å²) in [5.74, 6) is 0.664. The molecule has 0 atom stereocenters. The van der Waals surface area contributed by atoms with Crippen molar-refractivity contribution in [2.24, 2.45) is 0 Å². The third kappa shape index (κ3) is 3.13. The van der Waals surface area contributed by atoms with Gasteiger partial charge in [-0.1, -0.05) is 12.1 Å². The molecule has 0 saturated heterocycles. The van der Waals surface area contributed by atoms with Crippen molar-refractivity contribution >= 4 is 0 Å². The van der Waals surface area contributed by atoms with Crippen LogP contribution in [0.25, 0.3) is 0 Å². The fourth-order valence-corrected chi connectivity index (χ4v) is 1.39. The second-order valence-corrected chi connectivity index (χ2v) is 3.49. The van der Waals surface area contributed by atoms with Crippen LogP contribution >= 0.6 is 0 Å². The van der Waals surface area contributed by atoms with Crippen LogP contribution in [-0.4, -0.2) is 21.7 Å². The Kier molecular flexibility index (Phi) is 3.61. The highest BCUT2D eigenvalue weighted by atomic mass is 19.1. The van der Waals surface area contributed by atoms with Crippen LogP contribution in [0.4, 0.5) is 4.39 Å². The summed E-state index contributed by atoms with van der Waals surface area (Å²) in [5, 5.41) is 9.80. The Morgan fingerprint density at radius 3 is 2.75 bits per heavy atom. The maximum atomic E-state index is 12.6. The molecule has 2 N–H and O–H groups in total. The van der Waals surface area contributed by atoms with E-state index in [0.29, 0.717) is 0 Å². The van der Waals surface area contributed by atoms with Crippen LogP contribution < -0.4 is 5.32 Å². The Hall–Kier alpha value is -1.75. The molecule has 0 unspecified atom stereocenters. The van der Waals surface area contributed by atoms with E-state index in [1.54, 1.807) is 12.1 Å². The summed E-state index contributed by atoms with van der Waals surface area (Å²) in [6.07, 6.45) is 2.30. The normalized spacial score (nSPS) is 10.6. The quantitative estimate of drug-likeness (QED) is 0.746. The molecule has 0 aliphatic heterocycles. The SMILES string of the molecule is Fc1ccc(CNCCc2ncn[nH]2)cc1. The smallest absolute Gasteiger partial charge is 0.137 e. The van der Waals surface area contributed by atoms with Crippen LogP contribution in [0.1, 0.15) is 11.4 Å². The molecule has 2 rings (SSSR count). The lowest BCUT2D eigenvalue weighted by molar-refractivity contribution is 0.624. The Labute approximate surface area is 92.9 Å². The highest BCUT2D eigenvalue weighted by Gasteiger charge is 1.96. The van der Waals surface area contributed by atoms with Gasteiger partial charge in [0.15, 0.2) is 0 Å². The van der Waals surface area contributed by atoms with Gasteiger partial charge in [-0.15, -0.1) is 0 Å². The van der Waals surface area contributed by atoms with E-state index in [4.69, 9.17) is 0 Å². The number of aromatic amines is 1. The van der Waals surface area contributed by atoms with Gasteiger partial charge in [-0.05, 0) is 17.7 Å². The fourth-order valence-electron chi connectivity index (χ4n) is 1.39. The van der Waals surface area contributed by atoms with Gasteiger partial charge in [0.25, 0.3) is 0 Å². The Morgan fingerprint density at radius 2 is 2.06 bits per heavy atom. The van der Waals surface area contributed by atoms with Gasteiger partial charge < -0.3 is 5.32 Å². The van der Waals surface area contributed by atoms with Gasteiger partial charge in [0.2, 0.25) is 0 Å². The molecule has 0 fully saturated rings. The van der Waals surface area contributed by atoms with Crippen molar-refractivity contribution in [1.29, 1.82) is 0 Å². The fraction of sp³-hybridized carbons (Fsp3) is 0.273. The molecule has 1 aromatic heterocycles. The minimum atomic E-state index is -0.203. The number of halogens is 1. The molecule has 2 aromatic rings. The number of hydrogen-bond acceptors (Lipinski definition) is 3. The molecule has 0 amide bonds. The predicted molar refractivity (Wildman–Crippen MR) is 58.2 cm³/mol. The number of nitrogens with zero attached hydrogens (tertiary/aromatic N) is 2. The summed E-state index contributed by atoms with van der Waals surface area (Å²) in [6, 6.07) is 6.48. The second kappa shape index (κ2) is 5.37. The first kappa shape index (κ1) is 10.8. The molecule has 1 heterocycles. The molecule has 0 saturated carbocycles. The molecule has 84 valence electrons. The highest BCUT2D eigenvalue weighted by molar-refractivity contribution is 5.15. The first-order valence-electron chi connectivity index (χ1n) is 5.14. The zero-order valence-corrected chi connectivity index (χ0v) is 8.78. The van der Waals surface area contributed by atoms with E-state index >= 15 is 0 Å². The maximum absolute atomic E-state index is 12.6. The van der Waals surface area contributed by atoms with Gasteiger partial charge in [0, 0.05) is 19.5 Å². The van der Waals surface area contributed by atoms with Crippen LogP contribution in [0.2, 0.25) is 0 Å². The van der Waals surface area contributed by atoms with E-state index in [0.717, 1.165) is 30.9 Å². The third-order valence-corrected chi connectivity index (χ3v) is 2.25. The summed E-state index contributed by atoms with van der Waals surface area (Å²) in [7, 11) is 0. The number of rotatable bonds is 5. The van der Waals surface area contributed by atoms with Gasteiger partial charge >= 0.3 is 0 Å². The molecule has 4 nitrogen and oxygen atoms in total. The summed E-state index contributed by atoms with van der Waals surface area (Å²) in [4.78, 5) is 4.02. The van der Waals surface area contributed by atoms with Crippen molar-refractivity contribution in [3.63, 3.8) is 0 Å². The number of H-pyrrole nitrogens is 1. The van der Waals surface area contributed by atoms with Gasteiger partial charge in [-0.3, -0.25) is 5.10 Å². The van der Waals surface area contributed by atoms with Crippen molar-refractivity contribution in [1.82, 2.24) is 20.5 Å². The van der Waals surface area contributed by atoms with E-state index in [9.17, 15) is 4.39 Å². The molecule has 0 aliphatic carbocycles. The summed E-state index contributed by atoms with van der Waals surface area (Å²) in [6.45, 7) is 1.54. The van der Waals surface area contributed by atoms with E-state index < -0.39 is 0 Å². The minimum Gasteiger partial charge on any atom is -0.312 e. The lowest BCUT2D eigenvalue weighted by Gasteiger charge is -2.03. The number of hydrogen-bond donors (Lipinski definition) is 2. The molecule has 0 aliphatic rings. The molecule has 1 aromatic carbocycles. The van der Waals surface area contributed by atoms with Gasteiger partial charge in [-0.2, -0.15) is 5.10 Å². The van der Waals surface area contributed by atoms with Crippen LogP contribution in [0.3, 0.4) is 0 Å². The highest BCUT2D eigenvalue weighted by Crippen LogP contribution is 2.01. The first-order valence-corrected chi connectivity index (χ1v) is 5.14.